The Bertz CT molecular complexity index is 990. The van der Waals surface area contributed by atoms with Crippen LogP contribution in [0.1, 0.15) is 63.5 Å². The van der Waals surface area contributed by atoms with E-state index in [1.807, 2.05) is 45.0 Å². The van der Waals surface area contributed by atoms with Crippen molar-refractivity contribution < 1.29 is 24.2 Å². The number of carboxylic acid groups (broad SMARTS) is 1. The Hall–Kier alpha value is -3.35. The van der Waals surface area contributed by atoms with Crippen LogP contribution in [0.25, 0.3) is 11.1 Å². The number of fused-ring (bicyclic) bond motifs is 3. The summed E-state index contributed by atoms with van der Waals surface area (Å²) in [6.45, 7) is 6.85. The van der Waals surface area contributed by atoms with Crippen LogP contribution in [0.2, 0.25) is 0 Å². The maximum absolute atomic E-state index is 12.8. The lowest BCUT2D eigenvalue weighted by molar-refractivity contribution is -0.139. The van der Waals surface area contributed by atoms with Gasteiger partial charge in [-0.3, -0.25) is 9.59 Å². The van der Waals surface area contributed by atoms with Gasteiger partial charge in [-0.15, -0.1) is 0 Å². The van der Waals surface area contributed by atoms with Crippen molar-refractivity contribution in [1.82, 2.24) is 10.2 Å². The number of nitrogens with zero attached hydrogens (tertiary/aromatic N) is 1. The van der Waals surface area contributed by atoms with E-state index < -0.39 is 12.1 Å². The molecule has 0 heterocycles. The summed E-state index contributed by atoms with van der Waals surface area (Å²) in [4.78, 5) is 37.9. The fourth-order valence-corrected chi connectivity index (χ4v) is 4.67. The summed E-state index contributed by atoms with van der Waals surface area (Å²) in [6.07, 6.45) is 1.01. The first kappa shape index (κ1) is 26.3. The molecule has 1 unspecified atom stereocenters. The van der Waals surface area contributed by atoms with E-state index >= 15 is 0 Å². The number of benzene rings is 2. The van der Waals surface area contributed by atoms with Crippen molar-refractivity contribution in [1.29, 1.82) is 0 Å². The lowest BCUT2D eigenvalue weighted by atomic mass is 9.98. The zero-order valence-electron chi connectivity index (χ0n) is 20.8. The van der Waals surface area contributed by atoms with Gasteiger partial charge in [-0.1, -0.05) is 61.9 Å². The standard InChI is InChI=1S/C28H36N2O5/c1-4-20(16-26(31)30(19(2)3)15-9-14-27(32)33)17-29-28(34)35-18-25-23-12-7-5-10-21(23)22-11-6-8-13-24(22)25/h5-8,10-13,19-20,25H,4,9,14-18H2,1-3H3,(H,29,34)(H,32,33). The lowest BCUT2D eigenvalue weighted by Gasteiger charge is -2.28. The number of carbonyl (C=O) groups is 3. The molecule has 1 aliphatic rings. The monoisotopic (exact) mass is 480 g/mol. The summed E-state index contributed by atoms with van der Waals surface area (Å²) in [5.74, 6) is -0.905. The number of ether oxygens (including phenoxy) is 1. The third kappa shape index (κ3) is 6.84. The quantitative estimate of drug-likeness (QED) is 0.444. The molecular weight excluding hydrogens is 444 g/mol. The minimum atomic E-state index is -0.861. The van der Waals surface area contributed by atoms with E-state index in [0.717, 1.165) is 17.5 Å². The predicted molar refractivity (Wildman–Crippen MR) is 135 cm³/mol. The Morgan fingerprint density at radius 3 is 2.17 bits per heavy atom. The zero-order chi connectivity index (χ0) is 25.4. The molecule has 0 aromatic heterocycles. The fraction of sp³-hybridized carbons (Fsp3) is 0.464. The molecule has 3 rings (SSSR count). The summed E-state index contributed by atoms with van der Waals surface area (Å²) in [7, 11) is 0. The number of hydrogen-bond acceptors (Lipinski definition) is 4. The van der Waals surface area contributed by atoms with E-state index in [4.69, 9.17) is 9.84 Å². The van der Waals surface area contributed by atoms with Crippen LogP contribution >= 0.6 is 0 Å². The van der Waals surface area contributed by atoms with Gasteiger partial charge in [0, 0.05) is 37.9 Å². The van der Waals surface area contributed by atoms with E-state index in [0.29, 0.717) is 25.9 Å². The van der Waals surface area contributed by atoms with Crippen LogP contribution in [0.15, 0.2) is 48.5 Å². The molecule has 2 N–H and O–H groups in total. The normalized spacial score (nSPS) is 13.1. The Kier molecular flexibility index (Phi) is 9.29. The molecule has 2 aromatic carbocycles. The van der Waals surface area contributed by atoms with Gasteiger partial charge in [0.15, 0.2) is 0 Å². The van der Waals surface area contributed by atoms with E-state index in [1.165, 1.54) is 11.1 Å². The third-order valence-electron chi connectivity index (χ3n) is 6.65. The molecular formula is C28H36N2O5. The number of hydrogen-bond donors (Lipinski definition) is 2. The predicted octanol–water partition coefficient (Wildman–Crippen LogP) is 5.04. The SMILES string of the molecule is CCC(CNC(=O)OCC1c2ccccc2-c2ccccc21)CC(=O)N(CCCC(=O)O)C(C)C. The minimum absolute atomic E-state index is 0.00195. The maximum Gasteiger partial charge on any atom is 0.407 e. The van der Waals surface area contributed by atoms with Crippen LogP contribution in [0.5, 0.6) is 0 Å². The second-order valence-corrected chi connectivity index (χ2v) is 9.36. The summed E-state index contributed by atoms with van der Waals surface area (Å²) < 4.78 is 5.60. The Labute approximate surface area is 207 Å². The molecule has 2 aromatic rings. The highest BCUT2D eigenvalue weighted by atomic mass is 16.5. The van der Waals surface area contributed by atoms with Crippen molar-refractivity contribution in [3.05, 3.63) is 59.7 Å². The molecule has 1 atom stereocenters. The topological polar surface area (TPSA) is 95.9 Å². The van der Waals surface area contributed by atoms with Crippen LogP contribution in [0.4, 0.5) is 4.79 Å². The molecule has 0 aliphatic heterocycles. The molecule has 0 radical (unpaired) electrons. The largest absolute Gasteiger partial charge is 0.481 e. The van der Waals surface area contributed by atoms with Crippen molar-refractivity contribution in [3.63, 3.8) is 0 Å². The Morgan fingerprint density at radius 2 is 1.63 bits per heavy atom. The first-order valence-corrected chi connectivity index (χ1v) is 12.4. The summed E-state index contributed by atoms with van der Waals surface area (Å²) in [5.41, 5.74) is 4.69. The second kappa shape index (κ2) is 12.4. The van der Waals surface area contributed by atoms with Crippen LogP contribution in [0, 0.1) is 5.92 Å². The second-order valence-electron chi connectivity index (χ2n) is 9.36. The molecule has 7 heteroatoms. The molecule has 0 bridgehead atoms. The maximum atomic E-state index is 12.8. The average molecular weight is 481 g/mol. The van der Waals surface area contributed by atoms with Crippen LogP contribution in [-0.4, -0.2) is 53.7 Å². The van der Waals surface area contributed by atoms with Crippen molar-refractivity contribution >= 4 is 18.0 Å². The van der Waals surface area contributed by atoms with Crippen molar-refractivity contribution in [3.8, 4) is 11.1 Å². The minimum Gasteiger partial charge on any atom is -0.481 e. The van der Waals surface area contributed by atoms with E-state index in [1.54, 1.807) is 4.90 Å². The third-order valence-corrected chi connectivity index (χ3v) is 6.65. The Morgan fingerprint density at radius 1 is 1.03 bits per heavy atom. The van der Waals surface area contributed by atoms with Crippen LogP contribution < -0.4 is 5.32 Å². The number of rotatable bonds is 12. The molecule has 0 saturated heterocycles. The number of carbonyl (C=O) groups excluding carboxylic acids is 2. The molecule has 1 aliphatic carbocycles. The molecule has 7 nitrogen and oxygen atoms in total. The zero-order valence-corrected chi connectivity index (χ0v) is 20.8. The van der Waals surface area contributed by atoms with E-state index in [2.05, 4.69) is 29.6 Å². The Balaban J connectivity index is 1.50. The lowest BCUT2D eigenvalue weighted by Crippen LogP contribution is -2.40. The van der Waals surface area contributed by atoms with Gasteiger partial charge >= 0.3 is 12.1 Å². The van der Waals surface area contributed by atoms with E-state index in [9.17, 15) is 14.4 Å². The smallest absolute Gasteiger partial charge is 0.407 e. The van der Waals surface area contributed by atoms with Gasteiger partial charge in [0.05, 0.1) is 0 Å². The highest BCUT2D eigenvalue weighted by molar-refractivity contribution is 5.79. The molecule has 0 fully saturated rings. The molecule has 0 spiro atoms. The highest BCUT2D eigenvalue weighted by Gasteiger charge is 2.29. The first-order valence-electron chi connectivity index (χ1n) is 12.4. The van der Waals surface area contributed by atoms with Gasteiger partial charge in [0.2, 0.25) is 5.91 Å². The molecule has 35 heavy (non-hydrogen) atoms. The van der Waals surface area contributed by atoms with Crippen molar-refractivity contribution in [2.24, 2.45) is 5.92 Å². The molecule has 0 saturated carbocycles. The number of carboxylic acids is 1. The van der Waals surface area contributed by atoms with Crippen molar-refractivity contribution in [2.75, 3.05) is 19.7 Å². The number of alkyl carbamates (subject to hydrolysis) is 1. The van der Waals surface area contributed by atoms with E-state index in [-0.39, 0.29) is 36.8 Å². The first-order chi connectivity index (χ1) is 16.8. The van der Waals surface area contributed by atoms with Crippen molar-refractivity contribution in [2.45, 2.75) is 58.4 Å². The van der Waals surface area contributed by atoms with Gasteiger partial charge in [-0.05, 0) is 48.4 Å². The summed E-state index contributed by atoms with van der Waals surface area (Å²) in [6, 6.07) is 16.4. The van der Waals surface area contributed by atoms with Gasteiger partial charge in [-0.25, -0.2) is 4.79 Å². The van der Waals surface area contributed by atoms with Gasteiger partial charge in [0.1, 0.15) is 6.61 Å². The summed E-state index contributed by atoms with van der Waals surface area (Å²) >= 11 is 0. The van der Waals surface area contributed by atoms with Crippen LogP contribution in [-0.2, 0) is 14.3 Å². The number of amides is 2. The fourth-order valence-electron chi connectivity index (χ4n) is 4.67. The van der Waals surface area contributed by atoms with Gasteiger partial charge < -0.3 is 20.1 Å². The van der Waals surface area contributed by atoms with Gasteiger partial charge in [-0.2, -0.15) is 0 Å². The van der Waals surface area contributed by atoms with Gasteiger partial charge in [0.25, 0.3) is 0 Å². The van der Waals surface area contributed by atoms with Crippen LogP contribution in [0.3, 0.4) is 0 Å². The average Bonchev–Trinajstić information content (AvgIpc) is 3.16. The number of nitrogens with one attached hydrogen (secondary N) is 1. The molecule has 188 valence electrons. The molecule has 2 amide bonds. The highest BCUT2D eigenvalue weighted by Crippen LogP contribution is 2.44. The number of aliphatic carboxylic acids is 1. The summed E-state index contributed by atoms with van der Waals surface area (Å²) in [5, 5.41) is 11.7.